The lowest BCUT2D eigenvalue weighted by molar-refractivity contribution is 0.185. The van der Waals surface area contributed by atoms with Gasteiger partial charge < -0.3 is 10.1 Å². The van der Waals surface area contributed by atoms with Crippen molar-refractivity contribution in [1.29, 1.82) is 0 Å². The van der Waals surface area contributed by atoms with Crippen molar-refractivity contribution >= 4 is 5.69 Å². The molecule has 0 aliphatic rings. The molecule has 0 radical (unpaired) electrons. The van der Waals surface area contributed by atoms with E-state index in [9.17, 15) is 0 Å². The summed E-state index contributed by atoms with van der Waals surface area (Å²) in [6.45, 7) is 7.95. The Labute approximate surface area is 127 Å². The molecule has 4 nitrogen and oxygen atoms in total. The number of para-hydroxylation sites is 1. The van der Waals surface area contributed by atoms with Crippen molar-refractivity contribution in [1.82, 2.24) is 9.78 Å². The summed E-state index contributed by atoms with van der Waals surface area (Å²) in [6, 6.07) is 8.24. The molecule has 1 aromatic carbocycles. The summed E-state index contributed by atoms with van der Waals surface area (Å²) < 4.78 is 7.13. The van der Waals surface area contributed by atoms with E-state index in [1.54, 1.807) is 7.11 Å². The molecule has 114 valence electrons. The van der Waals surface area contributed by atoms with Gasteiger partial charge >= 0.3 is 0 Å². The Morgan fingerprint density at radius 1 is 1.19 bits per heavy atom. The lowest BCUT2D eigenvalue weighted by Gasteiger charge is -2.18. The van der Waals surface area contributed by atoms with E-state index >= 15 is 0 Å². The molecule has 0 saturated heterocycles. The molecule has 0 fully saturated rings. The Balaban J connectivity index is 2.17. The van der Waals surface area contributed by atoms with Crippen LogP contribution in [0.15, 0.2) is 30.5 Å². The number of aryl methyl sites for hydroxylation is 1. The van der Waals surface area contributed by atoms with Crippen molar-refractivity contribution in [3.05, 3.63) is 47.3 Å². The smallest absolute Gasteiger partial charge is 0.0733 e. The fourth-order valence-corrected chi connectivity index (χ4v) is 2.46. The van der Waals surface area contributed by atoms with Gasteiger partial charge in [0.05, 0.1) is 12.3 Å². The second-order valence-electron chi connectivity index (χ2n) is 6.37. The average molecular weight is 287 g/mol. The number of hydrogen-bond acceptors (Lipinski definition) is 3. The molecular weight excluding hydrogens is 262 g/mol. The molecule has 21 heavy (non-hydrogen) atoms. The number of aromatic nitrogens is 2. The van der Waals surface area contributed by atoms with Gasteiger partial charge in [-0.05, 0) is 6.07 Å². The van der Waals surface area contributed by atoms with Crippen LogP contribution in [-0.4, -0.2) is 16.9 Å². The maximum Gasteiger partial charge on any atom is 0.0733 e. The minimum Gasteiger partial charge on any atom is -0.381 e. The van der Waals surface area contributed by atoms with Gasteiger partial charge in [0.2, 0.25) is 0 Å². The van der Waals surface area contributed by atoms with E-state index in [1.807, 2.05) is 23.9 Å². The summed E-state index contributed by atoms with van der Waals surface area (Å²) in [6.07, 6.45) is 2.09. The van der Waals surface area contributed by atoms with Crippen molar-refractivity contribution in [3.8, 4) is 0 Å². The molecule has 0 aliphatic carbocycles. The van der Waals surface area contributed by atoms with E-state index in [1.165, 1.54) is 11.1 Å². The van der Waals surface area contributed by atoms with Crippen molar-refractivity contribution in [2.24, 2.45) is 7.05 Å². The van der Waals surface area contributed by atoms with Crippen LogP contribution in [0, 0.1) is 0 Å². The minimum absolute atomic E-state index is 0.0460. The van der Waals surface area contributed by atoms with Gasteiger partial charge in [-0.15, -0.1) is 0 Å². The van der Waals surface area contributed by atoms with Gasteiger partial charge in [-0.2, -0.15) is 5.10 Å². The summed E-state index contributed by atoms with van der Waals surface area (Å²) in [4.78, 5) is 0. The van der Waals surface area contributed by atoms with E-state index in [0.717, 1.165) is 17.9 Å². The predicted octanol–water partition coefficient (Wildman–Crippen LogP) is 3.48. The van der Waals surface area contributed by atoms with E-state index < -0.39 is 0 Å². The lowest BCUT2D eigenvalue weighted by Crippen LogP contribution is -2.16. The van der Waals surface area contributed by atoms with Gasteiger partial charge in [-0.3, -0.25) is 4.68 Å². The highest BCUT2D eigenvalue weighted by Crippen LogP contribution is 2.25. The number of hydrogen-bond donors (Lipinski definition) is 1. The van der Waals surface area contributed by atoms with E-state index in [2.05, 4.69) is 49.5 Å². The predicted molar refractivity (Wildman–Crippen MR) is 86.4 cm³/mol. The normalized spacial score (nSPS) is 11.7. The van der Waals surface area contributed by atoms with Crippen LogP contribution < -0.4 is 5.32 Å². The monoisotopic (exact) mass is 287 g/mol. The first-order valence-electron chi connectivity index (χ1n) is 7.25. The molecule has 0 saturated carbocycles. The zero-order valence-corrected chi connectivity index (χ0v) is 13.6. The van der Waals surface area contributed by atoms with Crippen molar-refractivity contribution in [2.75, 3.05) is 12.4 Å². The summed E-state index contributed by atoms with van der Waals surface area (Å²) in [7, 11) is 3.69. The van der Waals surface area contributed by atoms with Crippen LogP contribution in [0.3, 0.4) is 0 Å². The molecule has 0 atom stereocenters. The number of anilines is 1. The molecule has 0 unspecified atom stereocenters. The van der Waals surface area contributed by atoms with Crippen LogP contribution in [0.25, 0.3) is 0 Å². The molecule has 0 bridgehead atoms. The van der Waals surface area contributed by atoms with Crippen LogP contribution in [0.1, 0.15) is 37.6 Å². The van der Waals surface area contributed by atoms with E-state index in [-0.39, 0.29) is 5.41 Å². The first kappa shape index (κ1) is 15.6. The van der Waals surface area contributed by atoms with Crippen molar-refractivity contribution in [3.63, 3.8) is 0 Å². The van der Waals surface area contributed by atoms with Crippen LogP contribution in [0.4, 0.5) is 5.69 Å². The van der Waals surface area contributed by atoms with Crippen LogP contribution in [0.5, 0.6) is 0 Å². The third-order valence-electron chi connectivity index (χ3n) is 3.40. The molecule has 1 N–H and O–H groups in total. The zero-order chi connectivity index (χ0) is 15.5. The standard InChI is InChI=1S/C17H25N3O/c1-17(2,3)16-14(11-20(4)19-16)10-18-15-9-7-6-8-13(15)12-21-5/h6-9,11,18H,10,12H2,1-5H3. The molecule has 2 rings (SSSR count). The number of benzene rings is 1. The fraction of sp³-hybridized carbons (Fsp3) is 0.471. The summed E-state index contributed by atoms with van der Waals surface area (Å²) in [5.74, 6) is 0. The fourth-order valence-electron chi connectivity index (χ4n) is 2.46. The topological polar surface area (TPSA) is 39.1 Å². The number of ether oxygens (including phenoxy) is 1. The number of nitrogens with zero attached hydrogens (tertiary/aromatic N) is 2. The summed E-state index contributed by atoms with van der Waals surface area (Å²) in [5.41, 5.74) is 4.70. The Hall–Kier alpha value is -1.81. The van der Waals surface area contributed by atoms with Gasteiger partial charge in [0, 0.05) is 49.1 Å². The van der Waals surface area contributed by atoms with Gasteiger partial charge in [-0.25, -0.2) is 0 Å². The third-order valence-corrected chi connectivity index (χ3v) is 3.40. The van der Waals surface area contributed by atoms with Gasteiger partial charge in [0.25, 0.3) is 0 Å². The Kier molecular flexibility index (Phi) is 4.68. The van der Waals surface area contributed by atoms with Crippen molar-refractivity contribution < 1.29 is 4.74 Å². The zero-order valence-electron chi connectivity index (χ0n) is 13.6. The van der Waals surface area contributed by atoms with Crippen LogP contribution in [-0.2, 0) is 30.4 Å². The third kappa shape index (κ3) is 3.85. The molecule has 1 aromatic heterocycles. The largest absolute Gasteiger partial charge is 0.381 e. The Morgan fingerprint density at radius 3 is 2.57 bits per heavy atom. The highest BCUT2D eigenvalue weighted by molar-refractivity contribution is 5.51. The molecule has 1 heterocycles. The first-order valence-corrected chi connectivity index (χ1v) is 7.25. The van der Waals surface area contributed by atoms with Crippen LogP contribution in [0.2, 0.25) is 0 Å². The quantitative estimate of drug-likeness (QED) is 0.915. The van der Waals surface area contributed by atoms with Crippen LogP contribution >= 0.6 is 0 Å². The second kappa shape index (κ2) is 6.31. The summed E-state index contributed by atoms with van der Waals surface area (Å²) >= 11 is 0. The maximum absolute atomic E-state index is 5.25. The second-order valence-corrected chi connectivity index (χ2v) is 6.37. The molecule has 0 aliphatic heterocycles. The van der Waals surface area contributed by atoms with Gasteiger partial charge in [0.1, 0.15) is 0 Å². The molecule has 0 spiro atoms. The van der Waals surface area contributed by atoms with Gasteiger partial charge in [0.15, 0.2) is 0 Å². The minimum atomic E-state index is 0.0460. The maximum atomic E-state index is 5.25. The number of nitrogens with one attached hydrogen (secondary N) is 1. The molecule has 4 heteroatoms. The molecular formula is C17H25N3O. The first-order chi connectivity index (χ1) is 9.91. The molecule has 0 amide bonds. The average Bonchev–Trinajstić information content (AvgIpc) is 2.79. The summed E-state index contributed by atoms with van der Waals surface area (Å²) in [5, 5.41) is 8.11. The SMILES string of the molecule is COCc1ccccc1NCc1cn(C)nc1C(C)(C)C. The Morgan fingerprint density at radius 2 is 1.90 bits per heavy atom. The number of methoxy groups -OCH3 is 1. The lowest BCUT2D eigenvalue weighted by atomic mass is 9.89. The molecule has 2 aromatic rings. The number of rotatable bonds is 5. The highest BCUT2D eigenvalue weighted by Gasteiger charge is 2.21. The van der Waals surface area contributed by atoms with E-state index in [4.69, 9.17) is 4.74 Å². The van der Waals surface area contributed by atoms with Gasteiger partial charge in [-0.1, -0.05) is 39.0 Å². The van der Waals surface area contributed by atoms with Crippen molar-refractivity contribution in [2.45, 2.75) is 39.3 Å². The Bertz CT molecular complexity index is 596. The van der Waals surface area contributed by atoms with E-state index in [0.29, 0.717) is 6.61 Å². The highest BCUT2D eigenvalue weighted by atomic mass is 16.5.